The van der Waals surface area contributed by atoms with E-state index in [1.807, 2.05) is 29.2 Å². The van der Waals surface area contributed by atoms with Gasteiger partial charge in [-0.3, -0.25) is 14.7 Å². The van der Waals surface area contributed by atoms with E-state index in [4.69, 9.17) is 0 Å². The zero-order valence-electron chi connectivity index (χ0n) is 15.5. The Hall–Kier alpha value is -2.73. The van der Waals surface area contributed by atoms with Crippen LogP contribution in [-0.2, 0) is 17.9 Å². The molecule has 2 atom stereocenters. The van der Waals surface area contributed by atoms with Crippen LogP contribution >= 0.6 is 0 Å². The first-order valence-corrected chi connectivity index (χ1v) is 9.44. The van der Waals surface area contributed by atoms with Crippen LogP contribution in [0.25, 0.3) is 0 Å². The minimum absolute atomic E-state index is 0.0907. The van der Waals surface area contributed by atoms with Crippen LogP contribution in [-0.4, -0.2) is 45.4 Å². The van der Waals surface area contributed by atoms with Crippen molar-refractivity contribution in [2.24, 2.45) is 0 Å². The van der Waals surface area contributed by atoms with Gasteiger partial charge in [0.25, 0.3) is 0 Å². The molecule has 3 amide bonds. The normalized spacial score (nSPS) is 22.7. The Morgan fingerprint density at radius 3 is 2.67 bits per heavy atom. The molecule has 0 saturated carbocycles. The highest BCUT2D eigenvalue weighted by molar-refractivity contribution is 6.00. The van der Waals surface area contributed by atoms with E-state index in [1.54, 1.807) is 12.4 Å². The Bertz CT molecular complexity index is 839. The third-order valence-corrected chi connectivity index (χ3v) is 5.53. The van der Waals surface area contributed by atoms with Gasteiger partial charge < -0.3 is 10.2 Å². The highest BCUT2D eigenvalue weighted by Crippen LogP contribution is 2.28. The first-order chi connectivity index (χ1) is 13.1. The Labute approximate surface area is 159 Å². The molecule has 2 fully saturated rings. The second-order valence-electron chi connectivity index (χ2n) is 7.26. The zero-order chi connectivity index (χ0) is 18.8. The van der Waals surface area contributed by atoms with Crippen LogP contribution < -0.4 is 5.32 Å². The number of rotatable bonds is 4. The predicted octanol–water partition coefficient (Wildman–Crippen LogP) is 2.48. The molecule has 3 heterocycles. The van der Waals surface area contributed by atoms with Crippen molar-refractivity contribution in [3.63, 3.8) is 0 Å². The maximum atomic E-state index is 13.3. The number of carbonyl (C=O) groups excluding carboxylic acids is 2. The topological polar surface area (TPSA) is 65.5 Å². The van der Waals surface area contributed by atoms with Crippen molar-refractivity contribution in [1.29, 1.82) is 0 Å². The molecule has 2 unspecified atom stereocenters. The second-order valence-corrected chi connectivity index (χ2v) is 7.26. The number of urea groups is 1. The molecule has 0 aliphatic carbocycles. The van der Waals surface area contributed by atoms with E-state index in [9.17, 15) is 9.59 Å². The maximum Gasteiger partial charge on any atom is 0.327 e. The number of benzene rings is 1. The van der Waals surface area contributed by atoms with Crippen molar-refractivity contribution in [3.05, 3.63) is 65.5 Å². The van der Waals surface area contributed by atoms with Gasteiger partial charge in [0.05, 0.1) is 12.6 Å². The lowest BCUT2D eigenvalue weighted by atomic mass is 9.92. The molecule has 2 aliphatic rings. The van der Waals surface area contributed by atoms with Crippen molar-refractivity contribution in [3.8, 4) is 0 Å². The summed E-state index contributed by atoms with van der Waals surface area (Å²) in [6, 6.07) is 11.2. The standard InChI is InChI=1S/C21H24N4O2/c1-15-5-2-3-6-17(15)14-24-18-7-4-10-23-19(18)20(26)25(21(24)27)13-16-8-11-22-12-9-16/h2-3,5-6,8-9,11-12,18-19,23H,4,7,10,13-14H2,1H3. The second kappa shape index (κ2) is 7.48. The van der Waals surface area contributed by atoms with Gasteiger partial charge in [0, 0.05) is 18.9 Å². The number of fused-ring (bicyclic) bond motifs is 1. The Kier molecular flexibility index (Phi) is 4.90. The molecule has 0 radical (unpaired) electrons. The van der Waals surface area contributed by atoms with E-state index >= 15 is 0 Å². The molecule has 2 saturated heterocycles. The number of imide groups is 1. The Morgan fingerprint density at radius 1 is 1.11 bits per heavy atom. The average Bonchev–Trinajstić information content (AvgIpc) is 2.70. The lowest BCUT2D eigenvalue weighted by molar-refractivity contribution is -0.137. The number of hydrogen-bond acceptors (Lipinski definition) is 4. The summed E-state index contributed by atoms with van der Waals surface area (Å²) >= 11 is 0. The molecule has 1 aromatic carbocycles. The number of piperidine rings is 1. The van der Waals surface area contributed by atoms with Crippen molar-refractivity contribution in [1.82, 2.24) is 20.1 Å². The van der Waals surface area contributed by atoms with Crippen LogP contribution in [0.5, 0.6) is 0 Å². The Morgan fingerprint density at radius 2 is 1.89 bits per heavy atom. The van der Waals surface area contributed by atoms with Crippen LogP contribution in [0, 0.1) is 6.92 Å². The lowest BCUT2D eigenvalue weighted by Gasteiger charge is -2.47. The number of nitrogens with one attached hydrogen (secondary N) is 1. The molecule has 6 nitrogen and oxygen atoms in total. The van der Waals surface area contributed by atoms with Crippen molar-refractivity contribution in [2.45, 2.75) is 44.9 Å². The van der Waals surface area contributed by atoms with Gasteiger partial charge in [-0.1, -0.05) is 24.3 Å². The monoisotopic (exact) mass is 364 g/mol. The number of amides is 3. The van der Waals surface area contributed by atoms with Crippen molar-refractivity contribution >= 4 is 11.9 Å². The van der Waals surface area contributed by atoms with E-state index in [2.05, 4.69) is 29.4 Å². The van der Waals surface area contributed by atoms with Crippen LogP contribution in [0.15, 0.2) is 48.8 Å². The van der Waals surface area contributed by atoms with Crippen molar-refractivity contribution < 1.29 is 9.59 Å². The molecule has 2 aliphatic heterocycles. The van der Waals surface area contributed by atoms with Gasteiger partial charge in [0.2, 0.25) is 5.91 Å². The quantitative estimate of drug-likeness (QED) is 0.905. The summed E-state index contributed by atoms with van der Waals surface area (Å²) in [5, 5.41) is 3.34. The molecular formula is C21H24N4O2. The third kappa shape index (κ3) is 3.45. The van der Waals surface area contributed by atoms with Gasteiger partial charge in [-0.05, 0) is 55.1 Å². The molecule has 1 N–H and O–H groups in total. The smallest absolute Gasteiger partial charge is 0.315 e. The van der Waals surface area contributed by atoms with E-state index in [1.165, 1.54) is 4.90 Å². The summed E-state index contributed by atoms with van der Waals surface area (Å²) in [4.78, 5) is 33.6. The number of aromatic nitrogens is 1. The predicted molar refractivity (Wildman–Crippen MR) is 102 cm³/mol. The zero-order valence-corrected chi connectivity index (χ0v) is 15.5. The summed E-state index contributed by atoms with van der Waals surface area (Å²) < 4.78 is 0. The molecule has 0 spiro atoms. The highest BCUT2D eigenvalue weighted by Gasteiger charge is 2.46. The number of carbonyl (C=O) groups is 2. The summed E-state index contributed by atoms with van der Waals surface area (Å²) in [6.07, 6.45) is 5.18. The van der Waals surface area contributed by atoms with Crippen molar-refractivity contribution in [2.75, 3.05) is 6.54 Å². The maximum absolute atomic E-state index is 13.3. The molecule has 0 bridgehead atoms. The van der Waals surface area contributed by atoms with Crippen LogP contribution in [0.3, 0.4) is 0 Å². The summed E-state index contributed by atoms with van der Waals surface area (Å²) in [7, 11) is 0. The van der Waals surface area contributed by atoms with E-state index < -0.39 is 0 Å². The van der Waals surface area contributed by atoms with Gasteiger partial charge in [-0.15, -0.1) is 0 Å². The average molecular weight is 364 g/mol. The minimum Gasteiger partial charge on any atom is -0.315 e. The SMILES string of the molecule is Cc1ccccc1CN1C(=O)N(Cc2ccncc2)C(=O)C2NCCCC21. The summed E-state index contributed by atoms with van der Waals surface area (Å²) in [5.74, 6) is -0.123. The van der Waals surface area contributed by atoms with Gasteiger partial charge in [0.1, 0.15) is 6.04 Å². The van der Waals surface area contributed by atoms with E-state index in [0.29, 0.717) is 6.54 Å². The van der Waals surface area contributed by atoms with E-state index in [-0.39, 0.29) is 30.6 Å². The van der Waals surface area contributed by atoms with Crippen LogP contribution in [0.1, 0.15) is 29.5 Å². The fraction of sp³-hybridized carbons (Fsp3) is 0.381. The molecular weight excluding hydrogens is 340 g/mol. The number of hydrogen-bond donors (Lipinski definition) is 1. The fourth-order valence-electron chi connectivity index (χ4n) is 3.99. The van der Waals surface area contributed by atoms with Crippen LogP contribution in [0.4, 0.5) is 4.79 Å². The third-order valence-electron chi connectivity index (χ3n) is 5.53. The first-order valence-electron chi connectivity index (χ1n) is 9.44. The molecule has 140 valence electrons. The van der Waals surface area contributed by atoms with E-state index in [0.717, 1.165) is 36.1 Å². The number of aryl methyl sites for hydroxylation is 1. The molecule has 27 heavy (non-hydrogen) atoms. The lowest BCUT2D eigenvalue weighted by Crippen LogP contribution is -2.68. The minimum atomic E-state index is -0.331. The molecule has 1 aromatic heterocycles. The Balaban J connectivity index is 1.64. The number of nitrogens with zero attached hydrogens (tertiary/aromatic N) is 3. The van der Waals surface area contributed by atoms with Gasteiger partial charge in [0.15, 0.2) is 0 Å². The van der Waals surface area contributed by atoms with Crippen LogP contribution in [0.2, 0.25) is 0 Å². The summed E-state index contributed by atoms with van der Waals surface area (Å²) in [6.45, 7) is 3.66. The van der Waals surface area contributed by atoms with Gasteiger partial charge >= 0.3 is 6.03 Å². The molecule has 4 rings (SSSR count). The highest BCUT2D eigenvalue weighted by atomic mass is 16.2. The number of pyridine rings is 1. The fourth-order valence-corrected chi connectivity index (χ4v) is 3.99. The largest absolute Gasteiger partial charge is 0.327 e. The van der Waals surface area contributed by atoms with Gasteiger partial charge in [-0.2, -0.15) is 0 Å². The molecule has 6 heteroatoms. The van der Waals surface area contributed by atoms with Gasteiger partial charge in [-0.25, -0.2) is 4.79 Å². The molecule has 2 aromatic rings. The summed E-state index contributed by atoms with van der Waals surface area (Å²) in [5.41, 5.74) is 3.17. The first kappa shape index (κ1) is 17.7.